The predicted octanol–water partition coefficient (Wildman–Crippen LogP) is 12.0. The number of carbonyl (C=O) groups is 5. The summed E-state index contributed by atoms with van der Waals surface area (Å²) in [5.74, 6) is -0.921. The summed E-state index contributed by atoms with van der Waals surface area (Å²) in [5.41, 5.74) is 0. The maximum atomic E-state index is 13.2. The fourth-order valence-electron chi connectivity index (χ4n) is 11.6. The summed E-state index contributed by atoms with van der Waals surface area (Å²) in [7, 11) is 0. The number of aliphatic carboxylic acids is 2. The second-order valence-electron chi connectivity index (χ2n) is 24.1. The average Bonchev–Trinajstić information content (AvgIpc) is 3.35. The second-order valence-corrected chi connectivity index (χ2v) is 24.1. The van der Waals surface area contributed by atoms with Crippen molar-refractivity contribution in [2.45, 2.75) is 347 Å². The first-order chi connectivity index (χ1) is 36.1. The smallest absolute Gasteiger partial charge is 0.550 e. The number of hydrogen-bond acceptors (Lipinski definition) is 9. The quantitative estimate of drug-likeness (QED) is 0.0292. The number of aliphatic hydroxyl groups excluding tert-OH is 2. The number of nitrogens with one attached hydrogen (secondary N) is 3. The number of carbonyl (C=O) groups excluding carboxylic acids is 5. The van der Waals surface area contributed by atoms with Crippen LogP contribution < -0.4 is 26.2 Å². The molecule has 8 unspecified atom stereocenters. The molecule has 0 aromatic rings. The van der Waals surface area contributed by atoms with Gasteiger partial charge in [0.25, 0.3) is 0 Å². The van der Waals surface area contributed by atoms with E-state index in [0.717, 1.165) is 135 Å². The molecule has 0 aromatic heterocycles. The molecule has 0 heterocycles. The summed E-state index contributed by atoms with van der Waals surface area (Å²) < 4.78 is 0. The SMILES string of the molecule is CC1CCCC(NC(=O)CC(CC(=O)NC2CCCC(C)C2)C(=O)NC2CCCC(C)C2)C1.CCCCCCC(O)CCCCCCCCCCC(=O)[O-].CCCCCCC(O)CCCCCCCCCCC(=O)[O-].[Ca+2]. The summed E-state index contributed by atoms with van der Waals surface area (Å²) in [5, 5.41) is 49.6. The number of carboxylic acid groups (broad SMARTS) is 2. The summed E-state index contributed by atoms with van der Waals surface area (Å²) in [4.78, 5) is 59.4. The van der Waals surface area contributed by atoms with Gasteiger partial charge in [-0.2, -0.15) is 0 Å². The molecule has 3 rings (SSSR count). The molecule has 3 saturated carbocycles. The average molecular weight is 1100 g/mol. The molecule has 3 fully saturated rings. The van der Waals surface area contributed by atoms with Crippen molar-refractivity contribution < 1.29 is 44.4 Å². The number of unbranched alkanes of at least 4 members (excludes halogenated alkanes) is 20. The number of carboxylic acids is 2. The molecule has 76 heavy (non-hydrogen) atoms. The fourth-order valence-corrected chi connectivity index (χ4v) is 11.6. The molecule has 3 aliphatic rings. The first-order valence-corrected chi connectivity index (χ1v) is 31.8. The topological polar surface area (TPSA) is 208 Å². The van der Waals surface area contributed by atoms with Gasteiger partial charge in [0.2, 0.25) is 17.7 Å². The van der Waals surface area contributed by atoms with Crippen LogP contribution in [0.3, 0.4) is 0 Å². The molecule has 3 aliphatic carbocycles. The minimum atomic E-state index is -0.928. The van der Waals surface area contributed by atoms with Crippen LogP contribution in [0.2, 0.25) is 0 Å². The minimum Gasteiger partial charge on any atom is -0.550 e. The van der Waals surface area contributed by atoms with E-state index < -0.39 is 17.9 Å². The maximum Gasteiger partial charge on any atom is 2.00 e. The predicted molar refractivity (Wildman–Crippen MR) is 309 cm³/mol. The van der Waals surface area contributed by atoms with E-state index in [0.29, 0.717) is 17.8 Å². The van der Waals surface area contributed by atoms with Crippen LogP contribution in [-0.4, -0.2) is 108 Å². The van der Waals surface area contributed by atoms with Gasteiger partial charge in [0.1, 0.15) is 0 Å². The Hall–Kier alpha value is -1.47. The molecule has 12 nitrogen and oxygen atoms in total. The molecular formula is C63H117CaN3O9. The van der Waals surface area contributed by atoms with E-state index >= 15 is 0 Å². The van der Waals surface area contributed by atoms with Crippen molar-refractivity contribution in [1.82, 2.24) is 16.0 Å². The normalized spacial score (nSPS) is 21.5. The van der Waals surface area contributed by atoms with Crippen LogP contribution in [-0.2, 0) is 24.0 Å². The van der Waals surface area contributed by atoms with E-state index in [-0.39, 0.29) is 111 Å². The minimum absolute atomic E-state index is 0. The van der Waals surface area contributed by atoms with Gasteiger partial charge in [-0.25, -0.2) is 0 Å². The van der Waals surface area contributed by atoms with E-state index in [2.05, 4.69) is 50.6 Å². The largest absolute Gasteiger partial charge is 2.00 e. The van der Waals surface area contributed by atoms with E-state index in [1.807, 2.05) is 0 Å². The van der Waals surface area contributed by atoms with E-state index in [4.69, 9.17) is 0 Å². The van der Waals surface area contributed by atoms with Crippen molar-refractivity contribution in [3.05, 3.63) is 0 Å². The van der Waals surface area contributed by atoms with Gasteiger partial charge in [0, 0.05) is 42.9 Å². The fraction of sp³-hybridized carbons (Fsp3) is 0.921. The van der Waals surface area contributed by atoms with E-state index in [1.165, 1.54) is 122 Å². The van der Waals surface area contributed by atoms with Crippen LogP contribution >= 0.6 is 0 Å². The molecule has 8 atom stereocenters. The van der Waals surface area contributed by atoms with Gasteiger partial charge >= 0.3 is 37.7 Å². The van der Waals surface area contributed by atoms with Crippen molar-refractivity contribution in [1.29, 1.82) is 0 Å². The van der Waals surface area contributed by atoms with Crippen LogP contribution in [0.15, 0.2) is 0 Å². The van der Waals surface area contributed by atoms with Gasteiger partial charge in [0.05, 0.1) is 18.1 Å². The monoisotopic (exact) mass is 1100 g/mol. The number of hydrogen-bond donors (Lipinski definition) is 5. The van der Waals surface area contributed by atoms with Gasteiger partial charge < -0.3 is 46.0 Å². The van der Waals surface area contributed by atoms with Crippen molar-refractivity contribution in [3.63, 3.8) is 0 Å². The second kappa shape index (κ2) is 50.5. The van der Waals surface area contributed by atoms with Gasteiger partial charge in [-0.1, -0.05) is 214 Å². The van der Waals surface area contributed by atoms with Crippen molar-refractivity contribution in [2.75, 3.05) is 0 Å². The summed E-state index contributed by atoms with van der Waals surface area (Å²) in [6, 6.07) is 0.552. The summed E-state index contributed by atoms with van der Waals surface area (Å²) >= 11 is 0. The zero-order valence-electron chi connectivity index (χ0n) is 49.8. The van der Waals surface area contributed by atoms with Crippen LogP contribution in [0.1, 0.15) is 317 Å². The zero-order valence-corrected chi connectivity index (χ0v) is 52.0. The Morgan fingerprint density at radius 3 is 0.987 bits per heavy atom. The van der Waals surface area contributed by atoms with Crippen molar-refractivity contribution >= 4 is 67.4 Å². The van der Waals surface area contributed by atoms with Crippen molar-refractivity contribution in [3.8, 4) is 0 Å². The maximum absolute atomic E-state index is 13.2. The third-order valence-electron chi connectivity index (χ3n) is 16.2. The molecule has 0 bridgehead atoms. The molecule has 3 amide bonds. The number of aliphatic hydroxyl groups is 2. The Balaban J connectivity index is 0.00000116. The molecule has 13 heteroatoms. The molecule has 0 radical (unpaired) electrons. The molecule has 0 aromatic carbocycles. The number of rotatable bonds is 40. The van der Waals surface area contributed by atoms with Gasteiger partial charge in [-0.05, 0) is 108 Å². The third kappa shape index (κ3) is 45.3. The molecule has 0 aliphatic heterocycles. The Bertz CT molecular complexity index is 1350. The Morgan fingerprint density at radius 2 is 0.697 bits per heavy atom. The molecule has 0 spiro atoms. The Morgan fingerprint density at radius 1 is 0.421 bits per heavy atom. The third-order valence-corrected chi connectivity index (χ3v) is 16.2. The molecule has 5 N–H and O–H groups in total. The van der Waals surface area contributed by atoms with Gasteiger partial charge in [-0.15, -0.1) is 0 Å². The Labute approximate surface area is 495 Å². The van der Waals surface area contributed by atoms with Crippen LogP contribution in [0.4, 0.5) is 0 Å². The molecular weight excluding hydrogens is 983 g/mol. The van der Waals surface area contributed by atoms with Crippen LogP contribution in [0.5, 0.6) is 0 Å². The van der Waals surface area contributed by atoms with Crippen LogP contribution in [0, 0.1) is 23.7 Å². The van der Waals surface area contributed by atoms with E-state index in [1.54, 1.807) is 0 Å². The van der Waals surface area contributed by atoms with E-state index in [9.17, 15) is 44.4 Å². The first-order valence-electron chi connectivity index (χ1n) is 31.8. The van der Waals surface area contributed by atoms with Crippen molar-refractivity contribution in [2.24, 2.45) is 23.7 Å². The first kappa shape index (κ1) is 74.5. The summed E-state index contributed by atoms with van der Waals surface area (Å²) in [6.45, 7) is 11.1. The standard InChI is InChI=1S/C27H47N3O3.2C18H36O3.Ca/c1-18-7-4-10-22(13-18)28-25(31)16-21(27(33)30-24-12-6-9-20(3)15-24)17-26(32)29-23-11-5-8-19(2)14-23;2*1-2-3-4-11-14-17(19)15-12-9-7-5-6-8-10-13-16-18(20)21;/h18-24H,4-17H2,1-3H3,(H,28,31)(H,29,32)(H,30,33);2*17,19H,2-16H2,1H3,(H,20,21);/q;;;+2/p-2. The summed E-state index contributed by atoms with van der Waals surface area (Å²) in [6.07, 6.45) is 45.1. The molecule has 440 valence electrons. The zero-order chi connectivity index (χ0) is 55.3. The number of amides is 3. The van der Waals surface area contributed by atoms with Crippen LogP contribution in [0.25, 0.3) is 0 Å². The van der Waals surface area contributed by atoms with Gasteiger partial charge in [-0.3, -0.25) is 14.4 Å². The van der Waals surface area contributed by atoms with Gasteiger partial charge in [0.15, 0.2) is 0 Å². The Kier molecular flexibility index (Phi) is 49.5. The molecule has 0 saturated heterocycles.